The topological polar surface area (TPSA) is 42.0 Å². The minimum Gasteiger partial charge on any atom is -0.298 e. The lowest BCUT2D eigenvalue weighted by Crippen LogP contribution is -2.13. The SMILES string of the molecule is O=C(Nc1nccs1)c1ccccc1F. The molecule has 3 nitrogen and oxygen atoms in total. The predicted octanol–water partition coefficient (Wildman–Crippen LogP) is 2.53. The van der Waals surface area contributed by atoms with E-state index >= 15 is 0 Å². The molecule has 0 fully saturated rings. The summed E-state index contributed by atoms with van der Waals surface area (Å²) in [5, 5.41) is 4.70. The molecular weight excluding hydrogens is 215 g/mol. The Balaban J connectivity index is 2.19. The molecule has 2 rings (SSSR count). The first-order valence-corrected chi connectivity index (χ1v) is 5.11. The summed E-state index contributed by atoms with van der Waals surface area (Å²) >= 11 is 1.29. The van der Waals surface area contributed by atoms with E-state index in [-0.39, 0.29) is 5.56 Å². The molecule has 1 heterocycles. The average Bonchev–Trinajstić information content (AvgIpc) is 2.71. The number of hydrogen-bond acceptors (Lipinski definition) is 3. The van der Waals surface area contributed by atoms with Crippen molar-refractivity contribution in [3.8, 4) is 0 Å². The first-order valence-electron chi connectivity index (χ1n) is 4.23. The van der Waals surface area contributed by atoms with Gasteiger partial charge in [0.15, 0.2) is 5.13 Å². The lowest BCUT2D eigenvalue weighted by molar-refractivity contribution is 0.102. The van der Waals surface area contributed by atoms with E-state index in [2.05, 4.69) is 10.3 Å². The Bertz CT molecular complexity index is 470. The maximum absolute atomic E-state index is 13.2. The van der Waals surface area contributed by atoms with E-state index < -0.39 is 11.7 Å². The summed E-state index contributed by atoms with van der Waals surface area (Å²) in [6, 6.07) is 5.82. The Morgan fingerprint density at radius 2 is 2.20 bits per heavy atom. The van der Waals surface area contributed by atoms with Gasteiger partial charge < -0.3 is 0 Å². The van der Waals surface area contributed by atoms with Gasteiger partial charge in [-0.15, -0.1) is 11.3 Å². The fourth-order valence-electron chi connectivity index (χ4n) is 1.09. The first kappa shape index (κ1) is 9.79. The van der Waals surface area contributed by atoms with Gasteiger partial charge in [-0.1, -0.05) is 12.1 Å². The van der Waals surface area contributed by atoms with Crippen LogP contribution < -0.4 is 5.32 Å². The van der Waals surface area contributed by atoms with Gasteiger partial charge >= 0.3 is 0 Å². The summed E-state index contributed by atoms with van der Waals surface area (Å²) in [7, 11) is 0. The zero-order valence-electron chi connectivity index (χ0n) is 7.61. The Hall–Kier alpha value is -1.75. The van der Waals surface area contributed by atoms with Gasteiger partial charge in [0.05, 0.1) is 5.56 Å². The third-order valence-corrected chi connectivity index (χ3v) is 2.46. The minimum absolute atomic E-state index is 0.0210. The Kier molecular flexibility index (Phi) is 2.73. The van der Waals surface area contributed by atoms with Crippen molar-refractivity contribution in [2.75, 3.05) is 5.32 Å². The fourth-order valence-corrected chi connectivity index (χ4v) is 1.62. The summed E-state index contributed by atoms with van der Waals surface area (Å²) in [6.45, 7) is 0. The fraction of sp³-hybridized carbons (Fsp3) is 0. The van der Waals surface area contributed by atoms with Crippen LogP contribution in [0.5, 0.6) is 0 Å². The summed E-state index contributed by atoms with van der Waals surface area (Å²) in [4.78, 5) is 15.4. The van der Waals surface area contributed by atoms with Gasteiger partial charge in [0.25, 0.3) is 5.91 Å². The molecule has 5 heteroatoms. The number of carbonyl (C=O) groups excluding carboxylic acids is 1. The van der Waals surface area contributed by atoms with Crippen LogP contribution in [0.4, 0.5) is 9.52 Å². The maximum Gasteiger partial charge on any atom is 0.260 e. The third-order valence-electron chi connectivity index (χ3n) is 1.77. The Labute approximate surface area is 89.6 Å². The third kappa shape index (κ3) is 2.19. The number of halogens is 1. The zero-order chi connectivity index (χ0) is 10.7. The van der Waals surface area contributed by atoms with Crippen LogP contribution in [0.25, 0.3) is 0 Å². The highest BCUT2D eigenvalue weighted by molar-refractivity contribution is 7.13. The highest BCUT2D eigenvalue weighted by Crippen LogP contribution is 2.13. The quantitative estimate of drug-likeness (QED) is 0.848. The number of rotatable bonds is 2. The van der Waals surface area contributed by atoms with E-state index in [4.69, 9.17) is 0 Å². The molecule has 2 aromatic rings. The van der Waals surface area contributed by atoms with Crippen molar-refractivity contribution < 1.29 is 9.18 Å². The number of amides is 1. The van der Waals surface area contributed by atoms with Crippen molar-refractivity contribution in [1.29, 1.82) is 0 Å². The van der Waals surface area contributed by atoms with Gasteiger partial charge in [0.1, 0.15) is 5.82 Å². The van der Waals surface area contributed by atoms with Gasteiger partial charge in [-0.3, -0.25) is 10.1 Å². The molecule has 1 amide bonds. The molecule has 0 spiro atoms. The molecule has 1 aromatic carbocycles. The number of carbonyl (C=O) groups is 1. The lowest BCUT2D eigenvalue weighted by atomic mass is 10.2. The second kappa shape index (κ2) is 4.18. The molecule has 0 bridgehead atoms. The molecule has 0 unspecified atom stereocenters. The van der Waals surface area contributed by atoms with Crippen molar-refractivity contribution in [1.82, 2.24) is 4.98 Å². The van der Waals surface area contributed by atoms with Crippen LogP contribution >= 0.6 is 11.3 Å². The van der Waals surface area contributed by atoms with E-state index in [9.17, 15) is 9.18 Å². The van der Waals surface area contributed by atoms with E-state index in [1.54, 1.807) is 17.6 Å². The standard InChI is InChI=1S/C10H7FN2OS/c11-8-4-2-1-3-7(8)9(14)13-10-12-5-6-15-10/h1-6H,(H,12,13,14). The predicted molar refractivity (Wildman–Crippen MR) is 56.5 cm³/mol. The summed E-state index contributed by atoms with van der Waals surface area (Å²) in [5.74, 6) is -1.02. The van der Waals surface area contributed by atoms with Crippen LogP contribution in [0.15, 0.2) is 35.8 Å². The van der Waals surface area contributed by atoms with Gasteiger partial charge in [-0.05, 0) is 12.1 Å². The number of thiazole rings is 1. The van der Waals surface area contributed by atoms with Gasteiger partial charge in [0, 0.05) is 11.6 Å². The monoisotopic (exact) mass is 222 g/mol. The van der Waals surface area contributed by atoms with Crippen LogP contribution in [0.3, 0.4) is 0 Å². The Morgan fingerprint density at radius 3 is 2.87 bits per heavy atom. The van der Waals surface area contributed by atoms with Gasteiger partial charge in [-0.2, -0.15) is 0 Å². The Morgan fingerprint density at radius 1 is 1.40 bits per heavy atom. The first-order chi connectivity index (χ1) is 7.27. The highest BCUT2D eigenvalue weighted by Gasteiger charge is 2.11. The second-order valence-corrected chi connectivity index (χ2v) is 3.67. The normalized spacial score (nSPS) is 9.93. The molecular formula is C10H7FN2OS. The number of hydrogen-bond donors (Lipinski definition) is 1. The molecule has 0 aliphatic rings. The number of benzene rings is 1. The van der Waals surface area contributed by atoms with Crippen LogP contribution in [-0.4, -0.2) is 10.9 Å². The summed E-state index contributed by atoms with van der Waals surface area (Å²) < 4.78 is 13.2. The van der Waals surface area contributed by atoms with Crippen LogP contribution in [0.1, 0.15) is 10.4 Å². The van der Waals surface area contributed by atoms with E-state index in [0.717, 1.165) is 0 Å². The smallest absolute Gasteiger partial charge is 0.260 e. The van der Waals surface area contributed by atoms with Crippen molar-refractivity contribution in [2.24, 2.45) is 0 Å². The second-order valence-electron chi connectivity index (χ2n) is 2.77. The van der Waals surface area contributed by atoms with Crippen molar-refractivity contribution in [2.45, 2.75) is 0 Å². The van der Waals surface area contributed by atoms with Crippen molar-refractivity contribution >= 4 is 22.4 Å². The van der Waals surface area contributed by atoms with Crippen molar-refractivity contribution in [3.05, 3.63) is 47.2 Å². The molecule has 0 saturated carbocycles. The molecule has 0 aliphatic heterocycles. The van der Waals surface area contributed by atoms with E-state index in [1.807, 2.05) is 0 Å². The molecule has 1 N–H and O–H groups in total. The highest BCUT2D eigenvalue weighted by atomic mass is 32.1. The molecule has 0 saturated heterocycles. The largest absolute Gasteiger partial charge is 0.298 e. The molecule has 0 aliphatic carbocycles. The molecule has 1 aromatic heterocycles. The summed E-state index contributed by atoms with van der Waals surface area (Å²) in [6.07, 6.45) is 1.57. The van der Waals surface area contributed by atoms with Crippen LogP contribution in [0.2, 0.25) is 0 Å². The molecule has 15 heavy (non-hydrogen) atoms. The molecule has 0 atom stereocenters. The number of aromatic nitrogens is 1. The zero-order valence-corrected chi connectivity index (χ0v) is 8.42. The van der Waals surface area contributed by atoms with Crippen molar-refractivity contribution in [3.63, 3.8) is 0 Å². The maximum atomic E-state index is 13.2. The number of anilines is 1. The summed E-state index contributed by atoms with van der Waals surface area (Å²) in [5.41, 5.74) is 0.0210. The number of nitrogens with one attached hydrogen (secondary N) is 1. The van der Waals surface area contributed by atoms with Crippen LogP contribution in [-0.2, 0) is 0 Å². The van der Waals surface area contributed by atoms with Gasteiger partial charge in [0.2, 0.25) is 0 Å². The molecule has 76 valence electrons. The van der Waals surface area contributed by atoms with E-state index in [1.165, 1.54) is 29.5 Å². The van der Waals surface area contributed by atoms with Gasteiger partial charge in [-0.25, -0.2) is 9.37 Å². The number of nitrogens with zero attached hydrogens (tertiary/aromatic N) is 1. The van der Waals surface area contributed by atoms with E-state index in [0.29, 0.717) is 5.13 Å². The van der Waals surface area contributed by atoms with Crippen LogP contribution in [0, 0.1) is 5.82 Å². The average molecular weight is 222 g/mol. The lowest BCUT2D eigenvalue weighted by Gasteiger charge is -2.01. The minimum atomic E-state index is -0.536. The molecule has 0 radical (unpaired) electrons.